The van der Waals surface area contributed by atoms with Crippen molar-refractivity contribution in [3.05, 3.63) is 65.8 Å². The average molecular weight is 444 g/mol. The van der Waals surface area contributed by atoms with Crippen molar-refractivity contribution >= 4 is 29.5 Å². The van der Waals surface area contributed by atoms with Gasteiger partial charge < -0.3 is 19.9 Å². The van der Waals surface area contributed by atoms with Crippen LogP contribution in [0.4, 0.5) is 17.3 Å². The summed E-state index contributed by atoms with van der Waals surface area (Å²) in [6.07, 6.45) is 13.8. The van der Waals surface area contributed by atoms with Crippen molar-refractivity contribution in [2.75, 3.05) is 29.9 Å². The van der Waals surface area contributed by atoms with E-state index in [1.165, 1.54) is 24.9 Å². The molecule has 0 unspecified atom stereocenters. The van der Waals surface area contributed by atoms with Crippen LogP contribution >= 0.6 is 0 Å². The lowest BCUT2D eigenvalue weighted by Crippen LogP contribution is -2.29. The monoisotopic (exact) mass is 443 g/mol. The number of aromatic amines is 1. The number of hydrogen-bond acceptors (Lipinski definition) is 5. The molecule has 0 saturated carbocycles. The summed E-state index contributed by atoms with van der Waals surface area (Å²) in [6.45, 7) is 8.89. The van der Waals surface area contributed by atoms with Gasteiger partial charge in [0.05, 0.1) is 18.1 Å². The molecule has 3 heterocycles. The van der Waals surface area contributed by atoms with Gasteiger partial charge in [-0.25, -0.2) is 9.97 Å². The van der Waals surface area contributed by atoms with Crippen LogP contribution in [0.3, 0.4) is 0 Å². The lowest BCUT2D eigenvalue weighted by atomic mass is 10.1. The quantitative estimate of drug-likeness (QED) is 0.382. The summed E-state index contributed by atoms with van der Waals surface area (Å²) >= 11 is 0. The van der Waals surface area contributed by atoms with Gasteiger partial charge in [0.2, 0.25) is 5.95 Å². The maximum atomic E-state index is 5.67. The van der Waals surface area contributed by atoms with Crippen LogP contribution in [0.5, 0.6) is 0 Å². The summed E-state index contributed by atoms with van der Waals surface area (Å²) in [5.41, 5.74) is 6.18. The molecule has 6 nitrogen and oxygen atoms in total. The summed E-state index contributed by atoms with van der Waals surface area (Å²) in [6, 6.07) is 10.5. The van der Waals surface area contributed by atoms with E-state index >= 15 is 0 Å². The normalized spacial score (nSPS) is 14.6. The number of nitrogens with one attached hydrogen (secondary N) is 2. The van der Waals surface area contributed by atoms with Gasteiger partial charge in [0.25, 0.3) is 0 Å². The molecule has 2 N–H and O–H groups in total. The second-order valence-electron chi connectivity index (χ2n) is 8.20. The molecule has 4 rings (SSSR count). The molecule has 0 radical (unpaired) electrons. The van der Waals surface area contributed by atoms with Crippen molar-refractivity contribution in [1.29, 1.82) is 0 Å². The SMILES string of the molecule is C/C=C\c1[nH]cc(-c2ccnc(Nc3ccc(N4CCCCC4)cc3)n2)c1/C=C(\C)OCC. The van der Waals surface area contributed by atoms with Crippen LogP contribution in [0, 0.1) is 0 Å². The zero-order chi connectivity index (χ0) is 23.0. The van der Waals surface area contributed by atoms with E-state index in [4.69, 9.17) is 9.72 Å². The third kappa shape index (κ3) is 5.64. The Kier molecular flexibility index (Phi) is 7.45. The number of aromatic nitrogens is 3. The number of benzene rings is 1. The number of rotatable bonds is 8. The largest absolute Gasteiger partial charge is 0.499 e. The molecule has 2 aromatic heterocycles. The second kappa shape index (κ2) is 10.9. The molecule has 1 aliphatic rings. The highest BCUT2D eigenvalue weighted by Gasteiger charge is 2.13. The fourth-order valence-electron chi connectivity index (χ4n) is 4.20. The van der Waals surface area contributed by atoms with Crippen LogP contribution in [0.15, 0.2) is 54.6 Å². The Bertz CT molecular complexity index is 1110. The van der Waals surface area contributed by atoms with Crippen LogP contribution < -0.4 is 10.2 Å². The smallest absolute Gasteiger partial charge is 0.227 e. The minimum atomic E-state index is 0.573. The molecule has 172 valence electrons. The molecule has 0 amide bonds. The van der Waals surface area contributed by atoms with Crippen LogP contribution in [0.2, 0.25) is 0 Å². The zero-order valence-electron chi connectivity index (χ0n) is 19.8. The first-order valence-electron chi connectivity index (χ1n) is 11.8. The van der Waals surface area contributed by atoms with E-state index in [2.05, 4.69) is 56.6 Å². The van der Waals surface area contributed by atoms with E-state index in [9.17, 15) is 0 Å². The summed E-state index contributed by atoms with van der Waals surface area (Å²) in [5.74, 6) is 1.44. The van der Waals surface area contributed by atoms with E-state index in [1.807, 2.05) is 39.1 Å². The molecular weight excluding hydrogens is 410 g/mol. The topological polar surface area (TPSA) is 66.1 Å². The van der Waals surface area contributed by atoms with Gasteiger partial charge in [-0.15, -0.1) is 0 Å². The summed E-state index contributed by atoms with van der Waals surface area (Å²) in [4.78, 5) is 15.0. The van der Waals surface area contributed by atoms with Gasteiger partial charge in [0, 0.05) is 53.7 Å². The first-order valence-corrected chi connectivity index (χ1v) is 11.8. The fraction of sp³-hybridized carbons (Fsp3) is 0.333. The maximum Gasteiger partial charge on any atom is 0.227 e. The zero-order valence-corrected chi connectivity index (χ0v) is 19.8. The lowest BCUT2D eigenvalue weighted by molar-refractivity contribution is 0.235. The molecule has 0 aliphatic carbocycles. The van der Waals surface area contributed by atoms with E-state index in [0.717, 1.165) is 47.1 Å². The average Bonchev–Trinajstić information content (AvgIpc) is 3.23. The number of H-pyrrole nitrogens is 1. The minimum Gasteiger partial charge on any atom is -0.499 e. The molecule has 33 heavy (non-hydrogen) atoms. The van der Waals surface area contributed by atoms with Crippen LogP contribution in [0.25, 0.3) is 23.4 Å². The first kappa shape index (κ1) is 22.6. The molecule has 0 spiro atoms. The van der Waals surface area contributed by atoms with Gasteiger partial charge in [-0.2, -0.15) is 0 Å². The number of allylic oxidation sites excluding steroid dienone is 2. The molecule has 3 aromatic rings. The molecule has 1 saturated heterocycles. The van der Waals surface area contributed by atoms with E-state index in [-0.39, 0.29) is 0 Å². The predicted molar refractivity (Wildman–Crippen MR) is 138 cm³/mol. The molecular formula is C27H33N5O. The van der Waals surface area contributed by atoms with Crippen LogP contribution in [0.1, 0.15) is 51.3 Å². The lowest BCUT2D eigenvalue weighted by Gasteiger charge is -2.28. The molecule has 0 atom stereocenters. The Balaban J connectivity index is 1.56. The van der Waals surface area contributed by atoms with Crippen molar-refractivity contribution in [3.63, 3.8) is 0 Å². The van der Waals surface area contributed by atoms with Crippen molar-refractivity contribution in [1.82, 2.24) is 15.0 Å². The van der Waals surface area contributed by atoms with Crippen molar-refractivity contribution in [2.24, 2.45) is 0 Å². The minimum absolute atomic E-state index is 0.573. The van der Waals surface area contributed by atoms with Crippen LogP contribution in [-0.2, 0) is 4.74 Å². The third-order valence-electron chi connectivity index (χ3n) is 5.78. The number of anilines is 3. The number of piperidine rings is 1. The van der Waals surface area contributed by atoms with Gasteiger partial charge in [0.15, 0.2) is 0 Å². The molecule has 1 aromatic carbocycles. The Morgan fingerprint density at radius 2 is 1.94 bits per heavy atom. The summed E-state index contributed by atoms with van der Waals surface area (Å²) in [5, 5.41) is 3.35. The Hall–Kier alpha value is -3.54. The summed E-state index contributed by atoms with van der Waals surface area (Å²) in [7, 11) is 0. The van der Waals surface area contributed by atoms with Crippen molar-refractivity contribution < 1.29 is 4.74 Å². The van der Waals surface area contributed by atoms with E-state index in [1.54, 1.807) is 6.20 Å². The molecule has 1 aliphatic heterocycles. The van der Waals surface area contributed by atoms with E-state index in [0.29, 0.717) is 12.6 Å². The van der Waals surface area contributed by atoms with Crippen molar-refractivity contribution in [2.45, 2.75) is 40.0 Å². The van der Waals surface area contributed by atoms with Gasteiger partial charge in [-0.1, -0.05) is 6.08 Å². The highest BCUT2D eigenvalue weighted by atomic mass is 16.5. The predicted octanol–water partition coefficient (Wildman–Crippen LogP) is 6.64. The Labute approximate surface area is 196 Å². The van der Waals surface area contributed by atoms with Crippen molar-refractivity contribution in [3.8, 4) is 11.3 Å². The van der Waals surface area contributed by atoms with Gasteiger partial charge in [-0.3, -0.25) is 0 Å². The molecule has 6 heteroatoms. The Morgan fingerprint density at radius 3 is 2.67 bits per heavy atom. The highest BCUT2D eigenvalue weighted by molar-refractivity contribution is 5.79. The van der Waals surface area contributed by atoms with Crippen LogP contribution in [-0.4, -0.2) is 34.6 Å². The second-order valence-corrected chi connectivity index (χ2v) is 8.20. The fourth-order valence-corrected chi connectivity index (χ4v) is 4.20. The molecule has 1 fully saturated rings. The van der Waals surface area contributed by atoms with Gasteiger partial charge in [0.1, 0.15) is 0 Å². The maximum absolute atomic E-state index is 5.67. The standard InChI is InChI=1S/C27H33N5O/c1-4-9-25-23(18-20(3)33-5-2)24(19-29-25)26-14-15-28-27(31-26)30-21-10-12-22(13-11-21)32-16-7-6-8-17-32/h4,9-15,18-19,29H,5-8,16-17H2,1-3H3,(H,28,30,31)/b9-4-,20-18+. The highest BCUT2D eigenvalue weighted by Crippen LogP contribution is 2.29. The Morgan fingerprint density at radius 1 is 1.15 bits per heavy atom. The third-order valence-corrected chi connectivity index (χ3v) is 5.78. The number of ether oxygens (including phenoxy) is 1. The number of nitrogens with zero attached hydrogens (tertiary/aromatic N) is 3. The van der Waals surface area contributed by atoms with Gasteiger partial charge in [-0.05, 0) is 82.5 Å². The van der Waals surface area contributed by atoms with Gasteiger partial charge >= 0.3 is 0 Å². The first-order chi connectivity index (χ1) is 16.2. The molecule has 0 bridgehead atoms. The summed E-state index contributed by atoms with van der Waals surface area (Å²) < 4.78 is 5.67. The van der Waals surface area contributed by atoms with E-state index < -0.39 is 0 Å². The number of hydrogen-bond donors (Lipinski definition) is 2.